The highest BCUT2D eigenvalue weighted by Crippen LogP contribution is 2.02. The van der Waals surface area contributed by atoms with Gasteiger partial charge in [-0.15, -0.1) is 0 Å². The fourth-order valence-corrected chi connectivity index (χ4v) is 0.985. The molecule has 58 valence electrons. The number of fused-ring (bicyclic) bond motifs is 1. The minimum atomic E-state index is -0.163. The molecule has 12 heavy (non-hydrogen) atoms. The summed E-state index contributed by atoms with van der Waals surface area (Å²) >= 11 is 0. The van der Waals surface area contributed by atoms with Crippen LogP contribution in [0.5, 0.6) is 0 Å². The van der Waals surface area contributed by atoms with Crippen molar-refractivity contribution in [1.82, 2.24) is 9.97 Å². The molecule has 1 N–H and O–H groups in total. The molecule has 0 saturated heterocycles. The number of hydrogen-bond acceptors (Lipinski definition) is 2. The van der Waals surface area contributed by atoms with Crippen LogP contribution in [0, 0.1) is 0 Å². The molecule has 0 aliphatic heterocycles. The number of aromatic amines is 1. The molecule has 0 unspecified atom stereocenters. The van der Waals surface area contributed by atoms with Gasteiger partial charge in [-0.3, -0.25) is 4.79 Å². The van der Waals surface area contributed by atoms with Crippen LogP contribution >= 0.6 is 0 Å². The molecule has 1 aromatic heterocycles. The van der Waals surface area contributed by atoms with Crippen molar-refractivity contribution in [1.29, 1.82) is 0 Å². The van der Waals surface area contributed by atoms with Crippen molar-refractivity contribution in [3.63, 3.8) is 0 Å². The lowest BCUT2D eigenvalue weighted by Crippen LogP contribution is -2.04. The van der Waals surface area contributed by atoms with Crippen LogP contribution in [0.3, 0.4) is 0 Å². The van der Waals surface area contributed by atoms with Gasteiger partial charge in [-0.25, -0.2) is 4.98 Å². The molecule has 0 fully saturated rings. The molecule has 0 bridgehead atoms. The Morgan fingerprint density at radius 1 is 1.25 bits per heavy atom. The van der Waals surface area contributed by atoms with Gasteiger partial charge in [0, 0.05) is 11.0 Å². The summed E-state index contributed by atoms with van der Waals surface area (Å²) in [6.45, 7) is 0. The highest BCUT2D eigenvalue weighted by Gasteiger charge is 1.90. The Hall–Kier alpha value is -1.42. The van der Waals surface area contributed by atoms with E-state index in [1.807, 2.05) is 24.3 Å². The molecule has 0 atom stereocenters. The molecule has 4 radical (unpaired) electrons. The van der Waals surface area contributed by atoms with Crippen LogP contribution < -0.4 is 5.56 Å². The van der Waals surface area contributed by atoms with Crippen molar-refractivity contribution >= 4 is 22.0 Å². The first-order chi connectivity index (χ1) is 5.36. The Morgan fingerprint density at radius 2 is 2.00 bits per heavy atom. The molecule has 4 heteroatoms. The SMILES string of the molecule is O=c1cnc2ccccc2[nH]1.[Si]. The predicted molar refractivity (Wildman–Crippen MR) is 48.1 cm³/mol. The zero-order valence-electron chi connectivity index (χ0n) is 6.24. The van der Waals surface area contributed by atoms with Crippen molar-refractivity contribution in [2.75, 3.05) is 0 Å². The average Bonchev–Trinajstić information content (AvgIpc) is 2.04. The lowest BCUT2D eigenvalue weighted by molar-refractivity contribution is 1.22. The van der Waals surface area contributed by atoms with Crippen LogP contribution in [0.1, 0.15) is 0 Å². The summed E-state index contributed by atoms with van der Waals surface area (Å²) in [6, 6.07) is 7.42. The van der Waals surface area contributed by atoms with E-state index in [0.29, 0.717) is 0 Å². The quantitative estimate of drug-likeness (QED) is 0.592. The molecule has 1 aromatic carbocycles. The summed E-state index contributed by atoms with van der Waals surface area (Å²) in [7, 11) is 0. The van der Waals surface area contributed by atoms with Crippen molar-refractivity contribution < 1.29 is 0 Å². The zero-order valence-corrected chi connectivity index (χ0v) is 7.24. The second kappa shape index (κ2) is 3.32. The Bertz CT molecular complexity index is 438. The topological polar surface area (TPSA) is 45.8 Å². The van der Waals surface area contributed by atoms with E-state index in [0.717, 1.165) is 11.0 Å². The normalized spacial score (nSPS) is 9.33. The Morgan fingerprint density at radius 3 is 2.83 bits per heavy atom. The molecule has 1 heterocycles. The highest BCUT2D eigenvalue weighted by molar-refractivity contribution is 5.75. The van der Waals surface area contributed by atoms with Gasteiger partial charge in [-0.05, 0) is 12.1 Å². The molecule has 0 saturated carbocycles. The van der Waals surface area contributed by atoms with Gasteiger partial charge in [0.1, 0.15) is 0 Å². The molecule has 0 amide bonds. The zero-order chi connectivity index (χ0) is 7.68. The van der Waals surface area contributed by atoms with Gasteiger partial charge in [-0.1, -0.05) is 12.1 Å². The summed E-state index contributed by atoms with van der Waals surface area (Å²) in [5.41, 5.74) is 1.43. The number of nitrogens with zero attached hydrogens (tertiary/aromatic N) is 1. The van der Waals surface area contributed by atoms with Crippen LogP contribution in [0.4, 0.5) is 0 Å². The maximum atomic E-state index is 10.8. The maximum absolute atomic E-state index is 10.8. The minimum absolute atomic E-state index is 0. The molecule has 2 aromatic rings. The van der Waals surface area contributed by atoms with Gasteiger partial charge in [0.2, 0.25) is 0 Å². The summed E-state index contributed by atoms with van der Waals surface area (Å²) in [6.07, 6.45) is 1.28. The van der Waals surface area contributed by atoms with Gasteiger partial charge in [-0.2, -0.15) is 0 Å². The summed E-state index contributed by atoms with van der Waals surface area (Å²) in [4.78, 5) is 17.4. The third kappa shape index (κ3) is 1.43. The maximum Gasteiger partial charge on any atom is 0.266 e. The molecule has 2 rings (SSSR count). The van der Waals surface area contributed by atoms with E-state index in [4.69, 9.17) is 0 Å². The number of hydrogen-bond donors (Lipinski definition) is 1. The Kier molecular flexibility index (Phi) is 2.40. The van der Waals surface area contributed by atoms with Crippen molar-refractivity contribution in [2.45, 2.75) is 0 Å². The smallest absolute Gasteiger partial charge is 0.266 e. The fourth-order valence-electron chi connectivity index (χ4n) is 0.985. The van der Waals surface area contributed by atoms with E-state index in [9.17, 15) is 4.79 Å². The van der Waals surface area contributed by atoms with Gasteiger partial charge < -0.3 is 4.98 Å². The van der Waals surface area contributed by atoms with Crippen LogP contribution in [-0.2, 0) is 0 Å². The first kappa shape index (κ1) is 8.67. The molecule has 3 nitrogen and oxygen atoms in total. The third-order valence-corrected chi connectivity index (χ3v) is 1.48. The standard InChI is InChI=1S/C8H6N2O.Si/c11-8-5-9-6-3-1-2-4-7(6)10-8;/h1-5H,(H,10,11);. The summed E-state index contributed by atoms with van der Waals surface area (Å²) in [5, 5.41) is 0. The van der Waals surface area contributed by atoms with E-state index in [2.05, 4.69) is 9.97 Å². The molecule has 0 spiro atoms. The van der Waals surface area contributed by atoms with Gasteiger partial charge in [0.05, 0.1) is 17.2 Å². The van der Waals surface area contributed by atoms with Crippen molar-refractivity contribution in [3.05, 3.63) is 40.8 Å². The Balaban J connectivity index is 0.000000720. The first-order valence-electron chi connectivity index (χ1n) is 3.30. The second-order valence-electron chi connectivity index (χ2n) is 2.26. The van der Waals surface area contributed by atoms with Crippen molar-refractivity contribution in [2.24, 2.45) is 0 Å². The van der Waals surface area contributed by atoms with Crippen LogP contribution in [0.15, 0.2) is 35.3 Å². The number of nitrogens with one attached hydrogen (secondary N) is 1. The predicted octanol–water partition coefficient (Wildman–Crippen LogP) is 0.542. The van der Waals surface area contributed by atoms with Gasteiger partial charge in [0.15, 0.2) is 0 Å². The van der Waals surface area contributed by atoms with Crippen LogP contribution in [0.25, 0.3) is 11.0 Å². The number of rotatable bonds is 0. The van der Waals surface area contributed by atoms with Gasteiger partial charge in [0.25, 0.3) is 5.56 Å². The van der Waals surface area contributed by atoms with Crippen molar-refractivity contribution in [3.8, 4) is 0 Å². The number of para-hydroxylation sites is 2. The number of H-pyrrole nitrogens is 1. The monoisotopic (exact) mass is 174 g/mol. The molecular formula is C8H6N2OSi. The molecule has 0 aliphatic rings. The average molecular weight is 174 g/mol. The van der Waals surface area contributed by atoms with Gasteiger partial charge >= 0.3 is 0 Å². The number of benzene rings is 1. The van der Waals surface area contributed by atoms with E-state index < -0.39 is 0 Å². The second-order valence-corrected chi connectivity index (χ2v) is 2.26. The lowest BCUT2D eigenvalue weighted by atomic mass is 10.3. The summed E-state index contributed by atoms with van der Waals surface area (Å²) in [5.74, 6) is 0. The lowest BCUT2D eigenvalue weighted by Gasteiger charge is -1.92. The minimum Gasteiger partial charge on any atom is -0.319 e. The van der Waals surface area contributed by atoms with E-state index in [1.165, 1.54) is 6.20 Å². The number of aromatic nitrogens is 2. The highest BCUT2D eigenvalue weighted by atomic mass is 28.1. The van der Waals surface area contributed by atoms with Crippen LogP contribution in [0.2, 0.25) is 0 Å². The van der Waals surface area contributed by atoms with E-state index in [1.54, 1.807) is 0 Å². The summed E-state index contributed by atoms with van der Waals surface area (Å²) < 4.78 is 0. The van der Waals surface area contributed by atoms with E-state index in [-0.39, 0.29) is 16.5 Å². The fraction of sp³-hybridized carbons (Fsp3) is 0. The largest absolute Gasteiger partial charge is 0.319 e. The third-order valence-electron chi connectivity index (χ3n) is 1.48. The first-order valence-corrected chi connectivity index (χ1v) is 3.30. The molecular weight excluding hydrogens is 168 g/mol. The molecule has 0 aliphatic carbocycles. The van der Waals surface area contributed by atoms with Crippen LogP contribution in [-0.4, -0.2) is 20.9 Å². The Labute approximate surface area is 73.5 Å². The van der Waals surface area contributed by atoms with E-state index >= 15 is 0 Å².